The van der Waals surface area contributed by atoms with Gasteiger partial charge in [-0.05, 0) is 25.0 Å². The van der Waals surface area contributed by atoms with Crippen molar-refractivity contribution in [3.8, 4) is 17.4 Å². The molecule has 0 radical (unpaired) electrons. The second-order valence-electron chi connectivity index (χ2n) is 7.27. The van der Waals surface area contributed by atoms with Crippen LogP contribution < -0.4 is 10.1 Å². The standard InChI is InChI=1S/C19H22F3N7O2/c1-11(2)12(3)29-10-23-26-16(29)14-6-5-7-15(24-14)25-17(30)13-8-28(9-19(20,21)22)27-18(13)31-4/h5-8,10-12H,9H2,1-4H3,(H,24,25,30). The van der Waals surface area contributed by atoms with Gasteiger partial charge in [0, 0.05) is 12.2 Å². The molecule has 9 nitrogen and oxygen atoms in total. The minimum Gasteiger partial charge on any atom is -0.479 e. The van der Waals surface area contributed by atoms with E-state index in [2.05, 4.69) is 39.4 Å². The van der Waals surface area contributed by atoms with Crippen LogP contribution in [0.1, 0.15) is 37.2 Å². The van der Waals surface area contributed by atoms with E-state index in [1.807, 2.05) is 11.5 Å². The second kappa shape index (κ2) is 8.74. The number of alkyl halides is 3. The highest BCUT2D eigenvalue weighted by molar-refractivity contribution is 6.05. The van der Waals surface area contributed by atoms with E-state index in [-0.39, 0.29) is 23.3 Å². The van der Waals surface area contributed by atoms with E-state index in [1.165, 1.54) is 7.11 Å². The maximum absolute atomic E-state index is 12.6. The lowest BCUT2D eigenvalue weighted by Crippen LogP contribution is -2.18. The fourth-order valence-corrected chi connectivity index (χ4v) is 2.83. The number of carbonyl (C=O) groups excluding carboxylic acids is 1. The molecular formula is C19H22F3N7O2. The highest BCUT2D eigenvalue weighted by atomic mass is 19.4. The van der Waals surface area contributed by atoms with Crippen molar-refractivity contribution in [2.45, 2.75) is 39.5 Å². The molecule has 0 aliphatic rings. The Morgan fingerprint density at radius 1 is 1.26 bits per heavy atom. The molecule has 31 heavy (non-hydrogen) atoms. The molecule has 1 N–H and O–H groups in total. The van der Waals surface area contributed by atoms with Gasteiger partial charge in [-0.25, -0.2) is 4.98 Å². The zero-order chi connectivity index (χ0) is 22.8. The predicted molar refractivity (Wildman–Crippen MR) is 106 cm³/mol. The Bertz CT molecular complexity index is 1060. The molecule has 166 valence electrons. The first-order valence-electron chi connectivity index (χ1n) is 9.45. The van der Waals surface area contributed by atoms with Crippen LogP contribution in [0.4, 0.5) is 19.0 Å². The van der Waals surface area contributed by atoms with Crippen molar-refractivity contribution >= 4 is 11.7 Å². The lowest BCUT2D eigenvalue weighted by Gasteiger charge is -2.18. The molecule has 1 atom stereocenters. The Morgan fingerprint density at radius 3 is 2.65 bits per heavy atom. The third kappa shape index (κ3) is 5.19. The Kier molecular flexibility index (Phi) is 6.27. The number of methoxy groups -OCH3 is 1. The first-order valence-corrected chi connectivity index (χ1v) is 9.45. The number of pyridine rings is 1. The van der Waals surface area contributed by atoms with Crippen molar-refractivity contribution in [1.82, 2.24) is 29.5 Å². The molecule has 0 aliphatic carbocycles. The first-order chi connectivity index (χ1) is 14.6. The van der Waals surface area contributed by atoms with E-state index in [0.717, 1.165) is 6.20 Å². The van der Waals surface area contributed by atoms with Gasteiger partial charge in [0.2, 0.25) is 5.88 Å². The number of hydrogen-bond acceptors (Lipinski definition) is 6. The number of halogens is 3. The molecule has 0 aliphatic heterocycles. The van der Waals surface area contributed by atoms with Crippen LogP contribution >= 0.6 is 0 Å². The number of rotatable bonds is 7. The average Bonchev–Trinajstić information content (AvgIpc) is 3.33. The van der Waals surface area contributed by atoms with E-state index in [1.54, 1.807) is 24.5 Å². The molecule has 1 amide bonds. The summed E-state index contributed by atoms with van der Waals surface area (Å²) in [6.45, 7) is 4.85. The van der Waals surface area contributed by atoms with Crippen LogP contribution in [0.5, 0.6) is 5.88 Å². The van der Waals surface area contributed by atoms with Gasteiger partial charge in [0.05, 0.1) is 7.11 Å². The number of ether oxygens (including phenoxy) is 1. The molecule has 0 spiro atoms. The Morgan fingerprint density at radius 2 is 2.00 bits per heavy atom. The van der Waals surface area contributed by atoms with E-state index >= 15 is 0 Å². The van der Waals surface area contributed by atoms with Crippen LogP contribution in [0.3, 0.4) is 0 Å². The molecule has 0 aromatic carbocycles. The van der Waals surface area contributed by atoms with E-state index in [9.17, 15) is 18.0 Å². The maximum Gasteiger partial charge on any atom is 0.408 e. The fourth-order valence-electron chi connectivity index (χ4n) is 2.83. The molecule has 3 aromatic heterocycles. The normalized spacial score (nSPS) is 12.8. The molecule has 3 rings (SSSR count). The predicted octanol–water partition coefficient (Wildman–Crippen LogP) is 3.58. The van der Waals surface area contributed by atoms with Gasteiger partial charge < -0.3 is 14.6 Å². The van der Waals surface area contributed by atoms with Gasteiger partial charge in [0.25, 0.3) is 5.91 Å². The zero-order valence-electron chi connectivity index (χ0n) is 17.4. The average molecular weight is 437 g/mol. The van der Waals surface area contributed by atoms with Gasteiger partial charge in [-0.2, -0.15) is 13.2 Å². The van der Waals surface area contributed by atoms with E-state index < -0.39 is 18.6 Å². The molecule has 3 aromatic rings. The molecule has 12 heteroatoms. The Labute approximate surface area is 176 Å². The van der Waals surface area contributed by atoms with Crippen molar-refractivity contribution in [3.63, 3.8) is 0 Å². The van der Waals surface area contributed by atoms with Crippen molar-refractivity contribution in [1.29, 1.82) is 0 Å². The number of carbonyl (C=O) groups is 1. The van der Waals surface area contributed by atoms with Crippen LogP contribution in [0, 0.1) is 5.92 Å². The minimum atomic E-state index is -4.48. The fraction of sp³-hybridized carbons (Fsp3) is 0.421. The van der Waals surface area contributed by atoms with Gasteiger partial charge in [0.15, 0.2) is 5.82 Å². The summed E-state index contributed by atoms with van der Waals surface area (Å²) in [6, 6.07) is 5.08. The van der Waals surface area contributed by atoms with Gasteiger partial charge in [-0.15, -0.1) is 15.3 Å². The van der Waals surface area contributed by atoms with Crippen molar-refractivity contribution < 1.29 is 22.7 Å². The summed E-state index contributed by atoms with van der Waals surface area (Å²) in [4.78, 5) is 17.0. The van der Waals surface area contributed by atoms with Gasteiger partial charge in [-0.1, -0.05) is 19.9 Å². The van der Waals surface area contributed by atoms with Crippen LogP contribution in [-0.2, 0) is 6.54 Å². The zero-order valence-corrected chi connectivity index (χ0v) is 17.4. The quantitative estimate of drug-likeness (QED) is 0.607. The van der Waals surface area contributed by atoms with Gasteiger partial charge in [0.1, 0.15) is 29.9 Å². The first kappa shape index (κ1) is 22.2. The Hall–Kier alpha value is -3.44. The monoisotopic (exact) mass is 437 g/mol. The minimum absolute atomic E-state index is 0.119. The number of nitrogens with one attached hydrogen (secondary N) is 1. The number of nitrogens with zero attached hydrogens (tertiary/aromatic N) is 6. The number of amides is 1. The molecule has 3 heterocycles. The SMILES string of the molecule is COc1nn(CC(F)(F)F)cc1C(=O)Nc1cccc(-c2nncn2C(C)C(C)C)n1. The molecule has 0 fully saturated rings. The molecule has 0 saturated heterocycles. The molecular weight excluding hydrogens is 415 g/mol. The van der Waals surface area contributed by atoms with Crippen molar-refractivity contribution in [3.05, 3.63) is 36.3 Å². The van der Waals surface area contributed by atoms with Crippen molar-refractivity contribution in [2.75, 3.05) is 12.4 Å². The second-order valence-corrected chi connectivity index (χ2v) is 7.27. The third-order valence-corrected chi connectivity index (χ3v) is 4.70. The lowest BCUT2D eigenvalue weighted by molar-refractivity contribution is -0.142. The maximum atomic E-state index is 12.6. The molecule has 0 saturated carbocycles. The summed E-state index contributed by atoms with van der Waals surface area (Å²) in [5.41, 5.74) is 0.345. The number of hydrogen-bond donors (Lipinski definition) is 1. The highest BCUT2D eigenvalue weighted by Crippen LogP contribution is 2.25. The summed E-state index contributed by atoms with van der Waals surface area (Å²) < 4.78 is 45.3. The van der Waals surface area contributed by atoms with Crippen LogP contribution in [-0.4, -0.2) is 48.7 Å². The summed E-state index contributed by atoms with van der Waals surface area (Å²) in [5, 5.41) is 14.3. The van der Waals surface area contributed by atoms with Crippen molar-refractivity contribution in [2.24, 2.45) is 5.92 Å². The topological polar surface area (TPSA) is 99.8 Å². The van der Waals surface area contributed by atoms with Crippen LogP contribution in [0.2, 0.25) is 0 Å². The lowest BCUT2D eigenvalue weighted by atomic mass is 10.1. The van der Waals surface area contributed by atoms with Gasteiger partial charge in [-0.3, -0.25) is 9.48 Å². The van der Waals surface area contributed by atoms with E-state index in [4.69, 9.17) is 4.74 Å². The largest absolute Gasteiger partial charge is 0.479 e. The summed E-state index contributed by atoms with van der Waals surface area (Å²) >= 11 is 0. The smallest absolute Gasteiger partial charge is 0.408 e. The Balaban J connectivity index is 1.84. The summed E-state index contributed by atoms with van der Waals surface area (Å²) in [6.07, 6.45) is -1.89. The van der Waals surface area contributed by atoms with E-state index in [0.29, 0.717) is 22.1 Å². The van der Waals surface area contributed by atoms with Crippen LogP contribution in [0.25, 0.3) is 11.5 Å². The van der Waals surface area contributed by atoms with Crippen LogP contribution in [0.15, 0.2) is 30.7 Å². The number of anilines is 1. The third-order valence-electron chi connectivity index (χ3n) is 4.70. The van der Waals surface area contributed by atoms with Gasteiger partial charge >= 0.3 is 6.18 Å². The molecule has 1 unspecified atom stereocenters. The highest BCUT2D eigenvalue weighted by Gasteiger charge is 2.30. The summed E-state index contributed by atoms with van der Waals surface area (Å²) in [7, 11) is 1.22. The molecule has 0 bridgehead atoms. The number of aromatic nitrogens is 6. The summed E-state index contributed by atoms with van der Waals surface area (Å²) in [5.74, 6) is 0.140.